The molecule has 0 fully saturated rings. The first-order chi connectivity index (χ1) is 6.13. The van der Waals surface area contributed by atoms with E-state index in [2.05, 4.69) is 10.1 Å². The Labute approximate surface area is 76.4 Å². The van der Waals surface area contributed by atoms with Crippen LogP contribution in [0, 0.1) is 0 Å². The van der Waals surface area contributed by atoms with E-state index in [0.717, 1.165) is 0 Å². The van der Waals surface area contributed by atoms with Gasteiger partial charge in [0.1, 0.15) is 19.1 Å². The first-order valence-electron chi connectivity index (χ1n) is 4.27. The molecular formula is C8H14FN3O. The van der Waals surface area contributed by atoms with Crippen LogP contribution in [-0.4, -0.2) is 32.6 Å². The lowest BCUT2D eigenvalue weighted by Crippen LogP contribution is -2.18. The molecule has 5 heteroatoms. The molecule has 0 aliphatic carbocycles. The summed E-state index contributed by atoms with van der Waals surface area (Å²) < 4.78 is 13.4. The number of aliphatic hydroxyl groups is 1. The van der Waals surface area contributed by atoms with Crippen LogP contribution in [0.25, 0.3) is 0 Å². The summed E-state index contributed by atoms with van der Waals surface area (Å²) in [6.45, 7) is 3.36. The van der Waals surface area contributed by atoms with E-state index >= 15 is 0 Å². The number of aliphatic hydroxyl groups excluding tert-OH is 1. The summed E-state index contributed by atoms with van der Waals surface area (Å²) in [5.74, 6) is 0.967. The van der Waals surface area contributed by atoms with Crippen molar-refractivity contribution in [2.45, 2.75) is 32.4 Å². The molecule has 1 N–H and O–H groups in total. The van der Waals surface area contributed by atoms with Gasteiger partial charge in [0.25, 0.3) is 0 Å². The van der Waals surface area contributed by atoms with E-state index in [4.69, 9.17) is 5.11 Å². The topological polar surface area (TPSA) is 50.9 Å². The average molecular weight is 187 g/mol. The molecule has 1 atom stereocenters. The van der Waals surface area contributed by atoms with Gasteiger partial charge in [-0.25, -0.2) is 14.1 Å². The van der Waals surface area contributed by atoms with Gasteiger partial charge in [0.05, 0.1) is 6.54 Å². The highest BCUT2D eigenvalue weighted by atomic mass is 19.1. The summed E-state index contributed by atoms with van der Waals surface area (Å²) in [5, 5.41) is 13.1. The lowest BCUT2D eigenvalue weighted by molar-refractivity contribution is 0.118. The van der Waals surface area contributed by atoms with Crippen LogP contribution in [0.15, 0.2) is 6.33 Å². The molecule has 0 spiro atoms. The Morgan fingerprint density at radius 2 is 2.31 bits per heavy atom. The fraction of sp³-hybridized carbons (Fsp3) is 0.750. The fourth-order valence-electron chi connectivity index (χ4n) is 0.926. The molecule has 1 aromatic rings. The van der Waals surface area contributed by atoms with Crippen molar-refractivity contribution >= 4 is 0 Å². The minimum absolute atomic E-state index is 0.163. The van der Waals surface area contributed by atoms with Crippen molar-refractivity contribution in [2.75, 3.05) is 6.67 Å². The molecule has 1 aromatic heterocycles. The van der Waals surface area contributed by atoms with Crippen molar-refractivity contribution in [3.05, 3.63) is 12.2 Å². The van der Waals surface area contributed by atoms with E-state index in [1.165, 1.54) is 11.0 Å². The zero-order valence-electron chi connectivity index (χ0n) is 7.81. The fourth-order valence-corrected chi connectivity index (χ4v) is 0.926. The van der Waals surface area contributed by atoms with Crippen LogP contribution in [0.4, 0.5) is 4.39 Å². The quantitative estimate of drug-likeness (QED) is 0.756. The smallest absolute Gasteiger partial charge is 0.153 e. The summed E-state index contributed by atoms with van der Waals surface area (Å²) in [6.07, 6.45) is 0.524. The average Bonchev–Trinajstić information content (AvgIpc) is 2.52. The Kier molecular flexibility index (Phi) is 3.36. The number of nitrogens with zero attached hydrogens (tertiary/aromatic N) is 3. The van der Waals surface area contributed by atoms with Crippen molar-refractivity contribution in [1.82, 2.24) is 14.8 Å². The zero-order chi connectivity index (χ0) is 9.84. The van der Waals surface area contributed by atoms with Gasteiger partial charge >= 0.3 is 0 Å². The molecule has 0 aliphatic heterocycles. The maximum Gasteiger partial charge on any atom is 0.153 e. The van der Waals surface area contributed by atoms with Gasteiger partial charge in [0.2, 0.25) is 0 Å². The molecule has 1 unspecified atom stereocenters. The molecule has 13 heavy (non-hydrogen) atoms. The SMILES string of the molecule is CC(C)c1ncn(CC(O)CF)n1. The zero-order valence-corrected chi connectivity index (χ0v) is 7.81. The normalized spacial score (nSPS) is 13.6. The van der Waals surface area contributed by atoms with E-state index in [1.54, 1.807) is 0 Å². The van der Waals surface area contributed by atoms with Crippen LogP contribution in [0.3, 0.4) is 0 Å². The van der Waals surface area contributed by atoms with Crippen LogP contribution in [-0.2, 0) is 6.54 Å². The number of hydrogen-bond acceptors (Lipinski definition) is 3. The Bertz CT molecular complexity index is 262. The van der Waals surface area contributed by atoms with Gasteiger partial charge in [0, 0.05) is 5.92 Å². The predicted octanol–water partition coefficient (Wildman–Crippen LogP) is 0.732. The van der Waals surface area contributed by atoms with Crippen molar-refractivity contribution < 1.29 is 9.50 Å². The second-order valence-electron chi connectivity index (χ2n) is 3.29. The van der Waals surface area contributed by atoms with Gasteiger partial charge < -0.3 is 5.11 Å². The predicted molar refractivity (Wildman–Crippen MR) is 46.1 cm³/mol. The van der Waals surface area contributed by atoms with Gasteiger partial charge in [-0.2, -0.15) is 5.10 Å². The second-order valence-corrected chi connectivity index (χ2v) is 3.29. The third-order valence-corrected chi connectivity index (χ3v) is 1.65. The Hall–Kier alpha value is -0.970. The van der Waals surface area contributed by atoms with Crippen LogP contribution >= 0.6 is 0 Å². The molecule has 0 saturated heterocycles. The van der Waals surface area contributed by atoms with Gasteiger partial charge in [0.15, 0.2) is 5.82 Å². The molecule has 0 saturated carbocycles. The minimum Gasteiger partial charge on any atom is -0.388 e. The highest BCUT2D eigenvalue weighted by Crippen LogP contribution is 2.06. The molecule has 0 aromatic carbocycles. The van der Waals surface area contributed by atoms with Gasteiger partial charge in [-0.3, -0.25) is 0 Å². The van der Waals surface area contributed by atoms with E-state index in [1.807, 2.05) is 13.8 Å². The molecule has 0 aliphatic rings. The molecule has 1 rings (SSSR count). The highest BCUT2D eigenvalue weighted by Gasteiger charge is 2.08. The maximum absolute atomic E-state index is 11.9. The van der Waals surface area contributed by atoms with Crippen molar-refractivity contribution in [2.24, 2.45) is 0 Å². The number of halogens is 1. The molecule has 4 nitrogen and oxygen atoms in total. The van der Waals surface area contributed by atoms with Crippen LogP contribution < -0.4 is 0 Å². The monoisotopic (exact) mass is 187 g/mol. The molecular weight excluding hydrogens is 173 g/mol. The van der Waals surface area contributed by atoms with E-state index in [0.29, 0.717) is 5.82 Å². The summed E-state index contributed by atoms with van der Waals surface area (Å²) >= 11 is 0. The van der Waals surface area contributed by atoms with Gasteiger partial charge in [-0.1, -0.05) is 13.8 Å². The number of alkyl halides is 1. The lowest BCUT2D eigenvalue weighted by Gasteiger charge is -2.04. The minimum atomic E-state index is -0.985. The summed E-state index contributed by atoms with van der Waals surface area (Å²) in [4.78, 5) is 4.02. The maximum atomic E-state index is 11.9. The molecule has 0 amide bonds. The van der Waals surface area contributed by atoms with Crippen LogP contribution in [0.5, 0.6) is 0 Å². The molecule has 0 bridgehead atoms. The van der Waals surface area contributed by atoms with Crippen molar-refractivity contribution in [1.29, 1.82) is 0 Å². The van der Waals surface area contributed by atoms with E-state index in [-0.39, 0.29) is 12.5 Å². The molecule has 74 valence electrons. The number of aromatic nitrogens is 3. The molecule has 0 radical (unpaired) electrons. The third-order valence-electron chi connectivity index (χ3n) is 1.65. The Balaban J connectivity index is 2.58. The van der Waals surface area contributed by atoms with Gasteiger partial charge in [-0.05, 0) is 0 Å². The Morgan fingerprint density at radius 3 is 2.77 bits per heavy atom. The van der Waals surface area contributed by atoms with Crippen molar-refractivity contribution in [3.63, 3.8) is 0 Å². The molecule has 1 heterocycles. The van der Waals surface area contributed by atoms with Crippen molar-refractivity contribution in [3.8, 4) is 0 Å². The van der Waals surface area contributed by atoms with Crippen LogP contribution in [0.1, 0.15) is 25.6 Å². The highest BCUT2D eigenvalue weighted by molar-refractivity contribution is 4.88. The van der Waals surface area contributed by atoms with E-state index < -0.39 is 12.8 Å². The lowest BCUT2D eigenvalue weighted by atomic mass is 10.2. The van der Waals surface area contributed by atoms with Gasteiger partial charge in [-0.15, -0.1) is 0 Å². The Morgan fingerprint density at radius 1 is 1.62 bits per heavy atom. The van der Waals surface area contributed by atoms with E-state index in [9.17, 15) is 4.39 Å². The summed E-state index contributed by atoms with van der Waals surface area (Å²) in [6, 6.07) is 0. The van der Waals surface area contributed by atoms with Crippen LogP contribution in [0.2, 0.25) is 0 Å². The second kappa shape index (κ2) is 4.32. The summed E-state index contributed by atoms with van der Waals surface area (Å²) in [7, 11) is 0. The number of hydrogen-bond donors (Lipinski definition) is 1. The first-order valence-corrected chi connectivity index (χ1v) is 4.27. The number of rotatable bonds is 4. The first kappa shape index (κ1) is 10.1. The summed E-state index contributed by atoms with van der Waals surface area (Å²) in [5.41, 5.74) is 0. The largest absolute Gasteiger partial charge is 0.388 e. The standard InChI is InChI=1S/C8H14FN3O/c1-6(2)8-10-5-12(11-8)4-7(13)3-9/h5-7,13H,3-4H2,1-2H3. The third kappa shape index (κ3) is 2.77.